The molecule has 0 unspecified atom stereocenters. The molecule has 0 aromatic heterocycles. The maximum absolute atomic E-state index is 13.5. The highest BCUT2D eigenvalue weighted by Crippen LogP contribution is 2.48. The average molecular weight is 251 g/mol. The summed E-state index contributed by atoms with van der Waals surface area (Å²) < 4.78 is 26.6. The Hall–Kier alpha value is -0.960. The van der Waals surface area contributed by atoms with Crippen molar-refractivity contribution in [1.29, 1.82) is 0 Å². The molecule has 1 saturated heterocycles. The molecule has 98 valence electrons. The summed E-state index contributed by atoms with van der Waals surface area (Å²) >= 11 is 0. The molecule has 1 aromatic carbocycles. The quantitative estimate of drug-likeness (QED) is 0.740. The Balaban J connectivity index is 2.03. The third kappa shape index (κ3) is 1.76. The number of nitrogens with zero attached hydrogens (tertiary/aromatic N) is 1. The van der Waals surface area contributed by atoms with Crippen molar-refractivity contribution in [3.8, 4) is 0 Å². The summed E-state index contributed by atoms with van der Waals surface area (Å²) in [5.74, 6) is -0.851. The Kier molecular flexibility index (Phi) is 2.89. The van der Waals surface area contributed by atoms with Gasteiger partial charge in [0.05, 0.1) is 0 Å². The number of benzene rings is 1. The van der Waals surface area contributed by atoms with Gasteiger partial charge in [-0.3, -0.25) is 0 Å². The van der Waals surface area contributed by atoms with Gasteiger partial charge in [0, 0.05) is 18.5 Å². The predicted molar refractivity (Wildman–Crippen MR) is 67.5 cm³/mol. The van der Waals surface area contributed by atoms with Crippen molar-refractivity contribution in [2.24, 2.45) is 5.92 Å². The molecular formula is C15H19F2N. The predicted octanol–water partition coefficient (Wildman–Crippen LogP) is 3.34. The second-order valence-corrected chi connectivity index (χ2v) is 5.92. The van der Waals surface area contributed by atoms with Gasteiger partial charge in [-0.1, -0.05) is 18.9 Å². The molecule has 3 heteroatoms. The molecule has 18 heavy (non-hydrogen) atoms. The second kappa shape index (κ2) is 4.30. The monoisotopic (exact) mass is 251 g/mol. The number of rotatable bonds is 1. The molecule has 2 atom stereocenters. The van der Waals surface area contributed by atoms with Crippen molar-refractivity contribution in [3.63, 3.8) is 0 Å². The van der Waals surface area contributed by atoms with Crippen LogP contribution in [-0.4, -0.2) is 25.0 Å². The maximum atomic E-state index is 13.5. The summed E-state index contributed by atoms with van der Waals surface area (Å²) in [6.45, 7) is 2.06. The summed E-state index contributed by atoms with van der Waals surface area (Å²) in [5, 5.41) is 0. The molecule has 1 heterocycles. The highest BCUT2D eigenvalue weighted by atomic mass is 19.2. The van der Waals surface area contributed by atoms with Gasteiger partial charge < -0.3 is 4.90 Å². The summed E-state index contributed by atoms with van der Waals surface area (Å²) in [7, 11) is 2.12. The third-order valence-corrected chi connectivity index (χ3v) is 4.79. The van der Waals surface area contributed by atoms with Gasteiger partial charge in [0.15, 0.2) is 11.6 Å². The standard InChI is InChI=1S/C15H19F2N/c1-18-9-12-4-2-3-7-15(12,10-18)11-5-6-13(16)14(17)8-11/h5-6,8,12H,2-4,7,9-10H2,1H3/t12-,15+/m0/s1. The van der Waals surface area contributed by atoms with Crippen molar-refractivity contribution in [3.05, 3.63) is 35.4 Å². The van der Waals surface area contributed by atoms with E-state index in [-0.39, 0.29) is 5.41 Å². The number of likely N-dealkylation sites (tertiary alicyclic amines) is 1. The van der Waals surface area contributed by atoms with E-state index in [1.807, 2.05) is 0 Å². The molecule has 1 aliphatic heterocycles. The van der Waals surface area contributed by atoms with Crippen LogP contribution in [0.1, 0.15) is 31.2 Å². The Morgan fingerprint density at radius 2 is 2.06 bits per heavy atom. The topological polar surface area (TPSA) is 3.24 Å². The van der Waals surface area contributed by atoms with Crippen molar-refractivity contribution in [2.45, 2.75) is 31.1 Å². The zero-order valence-electron chi connectivity index (χ0n) is 10.8. The molecule has 0 N–H and O–H groups in total. The zero-order chi connectivity index (χ0) is 12.8. The van der Waals surface area contributed by atoms with Gasteiger partial charge in [-0.25, -0.2) is 8.78 Å². The van der Waals surface area contributed by atoms with Gasteiger partial charge in [0.1, 0.15) is 0 Å². The minimum atomic E-state index is -0.742. The van der Waals surface area contributed by atoms with E-state index in [4.69, 9.17) is 0 Å². The molecule has 3 rings (SSSR count). The molecule has 0 radical (unpaired) electrons. The van der Waals surface area contributed by atoms with Gasteiger partial charge in [-0.2, -0.15) is 0 Å². The normalized spacial score (nSPS) is 32.5. The molecule has 0 spiro atoms. The van der Waals surface area contributed by atoms with E-state index in [1.54, 1.807) is 6.07 Å². The Bertz CT molecular complexity index is 460. The Morgan fingerprint density at radius 3 is 2.83 bits per heavy atom. The van der Waals surface area contributed by atoms with Gasteiger partial charge in [0.25, 0.3) is 0 Å². The number of hydrogen-bond acceptors (Lipinski definition) is 1. The highest BCUT2D eigenvalue weighted by molar-refractivity contribution is 5.31. The average Bonchev–Trinajstić information content (AvgIpc) is 2.69. The first kappa shape index (κ1) is 12.1. The first-order chi connectivity index (χ1) is 8.62. The molecular weight excluding hydrogens is 232 g/mol. The van der Waals surface area contributed by atoms with Crippen LogP contribution in [0.15, 0.2) is 18.2 Å². The molecule has 0 amide bonds. The Labute approximate surface area is 107 Å². The maximum Gasteiger partial charge on any atom is 0.159 e. The van der Waals surface area contributed by atoms with E-state index in [2.05, 4.69) is 11.9 Å². The molecule has 2 fully saturated rings. The van der Waals surface area contributed by atoms with Crippen molar-refractivity contribution in [2.75, 3.05) is 20.1 Å². The fourth-order valence-corrected chi connectivity index (χ4v) is 3.99. The van der Waals surface area contributed by atoms with E-state index < -0.39 is 11.6 Å². The fraction of sp³-hybridized carbons (Fsp3) is 0.600. The number of likely N-dealkylation sites (N-methyl/N-ethyl adjacent to an activating group) is 1. The van der Waals surface area contributed by atoms with Crippen LogP contribution in [0.25, 0.3) is 0 Å². The van der Waals surface area contributed by atoms with Crippen LogP contribution in [0.5, 0.6) is 0 Å². The van der Waals surface area contributed by atoms with E-state index in [0.717, 1.165) is 25.1 Å². The lowest BCUT2D eigenvalue weighted by atomic mass is 9.64. The smallest absolute Gasteiger partial charge is 0.159 e. The van der Waals surface area contributed by atoms with Crippen molar-refractivity contribution in [1.82, 2.24) is 4.90 Å². The van der Waals surface area contributed by atoms with Crippen LogP contribution in [0.4, 0.5) is 8.78 Å². The minimum absolute atomic E-state index is 0.0571. The van der Waals surface area contributed by atoms with E-state index >= 15 is 0 Å². The Morgan fingerprint density at radius 1 is 1.22 bits per heavy atom. The fourth-order valence-electron chi connectivity index (χ4n) is 3.99. The second-order valence-electron chi connectivity index (χ2n) is 5.92. The SMILES string of the molecule is CN1C[C@@H]2CCCC[C@]2(c2ccc(F)c(F)c2)C1. The van der Waals surface area contributed by atoms with Crippen LogP contribution in [0.3, 0.4) is 0 Å². The van der Waals surface area contributed by atoms with Gasteiger partial charge >= 0.3 is 0 Å². The van der Waals surface area contributed by atoms with Crippen LogP contribution in [-0.2, 0) is 5.41 Å². The van der Waals surface area contributed by atoms with E-state index in [9.17, 15) is 8.78 Å². The number of fused-ring (bicyclic) bond motifs is 1. The van der Waals surface area contributed by atoms with Crippen LogP contribution in [0, 0.1) is 17.6 Å². The molecule has 1 saturated carbocycles. The van der Waals surface area contributed by atoms with Crippen LogP contribution < -0.4 is 0 Å². The zero-order valence-corrected chi connectivity index (χ0v) is 10.8. The third-order valence-electron chi connectivity index (χ3n) is 4.79. The largest absolute Gasteiger partial charge is 0.305 e. The lowest BCUT2D eigenvalue weighted by molar-refractivity contribution is 0.240. The number of halogens is 2. The van der Waals surface area contributed by atoms with Crippen LogP contribution >= 0.6 is 0 Å². The van der Waals surface area contributed by atoms with Gasteiger partial charge in [-0.15, -0.1) is 0 Å². The molecule has 0 bridgehead atoms. The number of hydrogen-bond donors (Lipinski definition) is 0. The summed E-state index contributed by atoms with van der Waals surface area (Å²) in [4.78, 5) is 2.33. The molecule has 1 nitrogen and oxygen atoms in total. The lowest BCUT2D eigenvalue weighted by Gasteiger charge is -2.39. The van der Waals surface area contributed by atoms with Gasteiger partial charge in [0.2, 0.25) is 0 Å². The van der Waals surface area contributed by atoms with E-state index in [1.165, 1.54) is 31.4 Å². The van der Waals surface area contributed by atoms with Crippen LogP contribution in [0.2, 0.25) is 0 Å². The van der Waals surface area contributed by atoms with Crippen molar-refractivity contribution < 1.29 is 8.78 Å². The van der Waals surface area contributed by atoms with E-state index in [0.29, 0.717) is 5.92 Å². The first-order valence-corrected chi connectivity index (χ1v) is 6.76. The molecule has 2 aliphatic rings. The minimum Gasteiger partial charge on any atom is -0.305 e. The van der Waals surface area contributed by atoms with Gasteiger partial charge in [-0.05, 0) is 43.5 Å². The lowest BCUT2D eigenvalue weighted by Crippen LogP contribution is -2.37. The summed E-state index contributed by atoms with van der Waals surface area (Å²) in [6.07, 6.45) is 4.78. The molecule has 1 aromatic rings. The first-order valence-electron chi connectivity index (χ1n) is 6.76. The molecule has 1 aliphatic carbocycles. The summed E-state index contributed by atoms with van der Waals surface area (Å²) in [6, 6.07) is 4.49. The highest BCUT2D eigenvalue weighted by Gasteiger charge is 2.47. The van der Waals surface area contributed by atoms with Crippen molar-refractivity contribution >= 4 is 0 Å². The summed E-state index contributed by atoms with van der Waals surface area (Å²) in [5.41, 5.74) is 1.05.